The zero-order chi connectivity index (χ0) is 21.3. The van der Waals surface area contributed by atoms with Gasteiger partial charge in [-0.1, -0.05) is 35.5 Å². The number of hydrogen-bond acceptors (Lipinski definition) is 5. The minimum Gasteiger partial charge on any atom is -0.489 e. The van der Waals surface area contributed by atoms with Gasteiger partial charge in [0.15, 0.2) is 5.11 Å². The molecule has 1 aromatic heterocycles. The number of ether oxygens (including phenoxy) is 1. The molecule has 0 aliphatic carbocycles. The van der Waals surface area contributed by atoms with Crippen molar-refractivity contribution in [1.29, 1.82) is 0 Å². The first-order valence-electron chi connectivity index (χ1n) is 9.51. The number of amides is 1. The average Bonchev–Trinajstić information content (AvgIpc) is 3.20. The van der Waals surface area contributed by atoms with E-state index in [2.05, 4.69) is 10.5 Å². The third-order valence-corrected chi connectivity index (χ3v) is 5.27. The minimum absolute atomic E-state index is 0.173. The van der Waals surface area contributed by atoms with Crippen molar-refractivity contribution >= 4 is 35.0 Å². The van der Waals surface area contributed by atoms with Crippen LogP contribution >= 0.6 is 12.2 Å². The lowest BCUT2D eigenvalue weighted by atomic mass is 10.1. The van der Waals surface area contributed by atoms with Crippen LogP contribution in [-0.2, 0) is 11.4 Å². The predicted octanol–water partition coefficient (Wildman–Crippen LogP) is 4.44. The Morgan fingerprint density at radius 3 is 2.53 bits per heavy atom. The third-order valence-electron chi connectivity index (χ3n) is 4.99. The molecule has 0 bridgehead atoms. The van der Waals surface area contributed by atoms with Crippen molar-refractivity contribution < 1.29 is 14.1 Å². The summed E-state index contributed by atoms with van der Waals surface area (Å²) in [5.74, 6) is 1.31. The maximum atomic E-state index is 12.9. The predicted molar refractivity (Wildman–Crippen MR) is 119 cm³/mol. The fourth-order valence-electron chi connectivity index (χ4n) is 3.26. The monoisotopic (exact) mass is 419 g/mol. The van der Waals surface area contributed by atoms with Gasteiger partial charge in [0.1, 0.15) is 23.8 Å². The summed E-state index contributed by atoms with van der Waals surface area (Å²) in [5.41, 5.74) is 4.85. The van der Waals surface area contributed by atoms with Crippen LogP contribution < -0.4 is 15.0 Å². The Labute approximate surface area is 180 Å². The first-order valence-corrected chi connectivity index (χ1v) is 9.92. The van der Waals surface area contributed by atoms with E-state index in [4.69, 9.17) is 21.5 Å². The molecule has 0 unspecified atom stereocenters. The minimum atomic E-state index is -0.173. The molecule has 1 aliphatic rings. The Morgan fingerprint density at radius 1 is 1.13 bits per heavy atom. The highest BCUT2D eigenvalue weighted by atomic mass is 32.1. The van der Waals surface area contributed by atoms with Gasteiger partial charge in [0, 0.05) is 0 Å². The van der Waals surface area contributed by atoms with E-state index in [-0.39, 0.29) is 5.91 Å². The number of nitrogens with zero attached hydrogens (tertiary/aromatic N) is 2. The van der Waals surface area contributed by atoms with Crippen molar-refractivity contribution in [2.45, 2.75) is 27.4 Å². The van der Waals surface area contributed by atoms with Gasteiger partial charge < -0.3 is 14.6 Å². The number of anilines is 1. The van der Waals surface area contributed by atoms with Gasteiger partial charge >= 0.3 is 0 Å². The molecule has 0 saturated carbocycles. The number of hydrogen-bond donors (Lipinski definition) is 1. The van der Waals surface area contributed by atoms with E-state index in [1.54, 1.807) is 6.08 Å². The second-order valence-corrected chi connectivity index (χ2v) is 7.46. The normalized spacial score (nSPS) is 15.0. The van der Waals surface area contributed by atoms with E-state index < -0.39 is 0 Å². The zero-order valence-electron chi connectivity index (χ0n) is 16.9. The van der Waals surface area contributed by atoms with Crippen molar-refractivity contribution in [3.63, 3.8) is 0 Å². The van der Waals surface area contributed by atoms with Crippen LogP contribution in [-0.4, -0.2) is 16.2 Å². The highest BCUT2D eigenvalue weighted by molar-refractivity contribution is 7.80. The average molecular weight is 420 g/mol. The second-order valence-electron chi connectivity index (χ2n) is 7.08. The number of nitrogens with one attached hydrogen (secondary N) is 1. The molecule has 4 rings (SSSR count). The molecular weight excluding hydrogens is 398 g/mol. The number of aryl methyl sites for hydroxylation is 3. The van der Waals surface area contributed by atoms with E-state index in [0.29, 0.717) is 17.4 Å². The first-order chi connectivity index (χ1) is 14.4. The number of rotatable bonds is 5. The van der Waals surface area contributed by atoms with Crippen molar-refractivity contribution in [3.8, 4) is 5.75 Å². The summed E-state index contributed by atoms with van der Waals surface area (Å²) in [7, 11) is 0. The van der Waals surface area contributed by atoms with E-state index in [9.17, 15) is 4.79 Å². The summed E-state index contributed by atoms with van der Waals surface area (Å²) in [5, 5.41) is 7.32. The molecule has 152 valence electrons. The van der Waals surface area contributed by atoms with Crippen LogP contribution in [0.5, 0.6) is 5.75 Å². The molecular formula is C23H21N3O3S. The van der Waals surface area contributed by atoms with E-state index in [0.717, 1.165) is 39.6 Å². The molecule has 1 aliphatic heterocycles. The number of thiocarbonyl (C=S) groups is 1. The van der Waals surface area contributed by atoms with Crippen LogP contribution in [0.4, 0.5) is 5.69 Å². The molecule has 6 nitrogen and oxygen atoms in total. The fourth-order valence-corrected chi connectivity index (χ4v) is 3.55. The molecule has 0 radical (unpaired) electrons. The summed E-state index contributed by atoms with van der Waals surface area (Å²) in [6.07, 6.45) is 1.78. The van der Waals surface area contributed by atoms with Gasteiger partial charge in [-0.25, -0.2) is 0 Å². The van der Waals surface area contributed by atoms with E-state index >= 15 is 0 Å². The van der Waals surface area contributed by atoms with Crippen LogP contribution in [0.15, 0.2) is 58.8 Å². The maximum Gasteiger partial charge on any atom is 0.281 e. The SMILES string of the molecule is Cc1ccccc1N1C(=O)/C(=C\c2ccc(OCc3c(C)noc3C)cc2)NC1=S. The summed E-state index contributed by atoms with van der Waals surface area (Å²) in [6, 6.07) is 15.2. The number of carbonyl (C=O) groups is 1. The third kappa shape index (κ3) is 3.84. The van der Waals surface area contributed by atoms with Gasteiger partial charge in [-0.05, 0) is 68.4 Å². The van der Waals surface area contributed by atoms with Crippen LogP contribution in [0.25, 0.3) is 6.08 Å². The molecule has 1 amide bonds. The van der Waals surface area contributed by atoms with Gasteiger partial charge in [0.25, 0.3) is 5.91 Å². The maximum absolute atomic E-state index is 12.9. The van der Waals surface area contributed by atoms with Gasteiger partial charge in [-0.2, -0.15) is 0 Å². The molecule has 30 heavy (non-hydrogen) atoms. The van der Waals surface area contributed by atoms with Crippen LogP contribution in [0.3, 0.4) is 0 Å². The molecule has 7 heteroatoms. The molecule has 0 spiro atoms. The summed E-state index contributed by atoms with van der Waals surface area (Å²) >= 11 is 5.39. The molecule has 1 saturated heterocycles. The molecule has 2 aromatic carbocycles. The van der Waals surface area contributed by atoms with Crippen LogP contribution in [0.2, 0.25) is 0 Å². The lowest BCUT2D eigenvalue weighted by Gasteiger charge is -2.16. The lowest BCUT2D eigenvalue weighted by Crippen LogP contribution is -2.30. The van der Waals surface area contributed by atoms with Crippen LogP contribution in [0.1, 0.15) is 28.1 Å². The molecule has 3 aromatic rings. The molecule has 0 atom stereocenters. The Kier molecular flexibility index (Phi) is 5.37. The molecule has 1 fully saturated rings. The Morgan fingerprint density at radius 2 is 1.87 bits per heavy atom. The van der Waals surface area contributed by atoms with Crippen molar-refractivity contribution in [3.05, 3.63) is 82.4 Å². The number of benzene rings is 2. The second kappa shape index (κ2) is 8.12. The summed E-state index contributed by atoms with van der Waals surface area (Å²) < 4.78 is 11.0. The Balaban J connectivity index is 1.48. The van der Waals surface area contributed by atoms with Gasteiger partial charge in [0.2, 0.25) is 0 Å². The molecule has 1 N–H and O–H groups in total. The van der Waals surface area contributed by atoms with E-state index in [1.165, 1.54) is 4.90 Å². The van der Waals surface area contributed by atoms with E-state index in [1.807, 2.05) is 69.3 Å². The standard InChI is InChI=1S/C23H21N3O3S/c1-14-6-4-5-7-21(14)26-22(27)20(24-23(26)30)12-17-8-10-18(11-9-17)28-13-19-15(2)25-29-16(19)3/h4-12H,13H2,1-3H3,(H,24,30)/b20-12+. The van der Waals surface area contributed by atoms with Gasteiger partial charge in [-0.3, -0.25) is 9.69 Å². The number of carbonyl (C=O) groups excluding carboxylic acids is 1. The zero-order valence-corrected chi connectivity index (χ0v) is 17.7. The quantitative estimate of drug-likeness (QED) is 0.487. The lowest BCUT2D eigenvalue weighted by molar-refractivity contribution is -0.113. The van der Waals surface area contributed by atoms with Crippen molar-refractivity contribution in [2.75, 3.05) is 4.90 Å². The van der Waals surface area contributed by atoms with Gasteiger partial charge in [-0.15, -0.1) is 0 Å². The number of aromatic nitrogens is 1. The smallest absolute Gasteiger partial charge is 0.281 e. The summed E-state index contributed by atoms with van der Waals surface area (Å²) in [6.45, 7) is 6.10. The Bertz CT molecular complexity index is 1130. The highest BCUT2D eigenvalue weighted by Gasteiger charge is 2.32. The first kappa shape index (κ1) is 19.8. The highest BCUT2D eigenvalue weighted by Crippen LogP contribution is 2.26. The largest absolute Gasteiger partial charge is 0.489 e. The topological polar surface area (TPSA) is 67.6 Å². The fraction of sp³-hybridized carbons (Fsp3) is 0.174. The van der Waals surface area contributed by atoms with Crippen LogP contribution in [0, 0.1) is 20.8 Å². The van der Waals surface area contributed by atoms with Crippen molar-refractivity contribution in [1.82, 2.24) is 10.5 Å². The van der Waals surface area contributed by atoms with Gasteiger partial charge in [0.05, 0.1) is 16.9 Å². The Hall–Kier alpha value is -3.45. The molecule has 2 heterocycles. The summed E-state index contributed by atoms with van der Waals surface area (Å²) in [4.78, 5) is 14.4. The van der Waals surface area contributed by atoms with Crippen molar-refractivity contribution in [2.24, 2.45) is 0 Å². The number of para-hydroxylation sites is 1.